The van der Waals surface area contributed by atoms with E-state index >= 15 is 0 Å². The summed E-state index contributed by atoms with van der Waals surface area (Å²) >= 11 is 0. The molecule has 0 radical (unpaired) electrons. The van der Waals surface area contributed by atoms with Gasteiger partial charge in [-0.15, -0.1) is 0 Å². The highest BCUT2D eigenvalue weighted by atomic mass is 19.1. The number of nitro groups is 1. The van der Waals surface area contributed by atoms with Crippen LogP contribution in [0.25, 0.3) is 0 Å². The molecule has 1 fully saturated rings. The van der Waals surface area contributed by atoms with Crippen molar-refractivity contribution < 1.29 is 14.1 Å². The summed E-state index contributed by atoms with van der Waals surface area (Å²) in [7, 11) is 0. The Kier molecular flexibility index (Phi) is 4.69. The van der Waals surface area contributed by atoms with Gasteiger partial charge in [-0.1, -0.05) is 0 Å². The number of nitrogens with zero attached hydrogens (tertiary/aromatic N) is 2. The highest BCUT2D eigenvalue weighted by Gasteiger charge is 2.23. The van der Waals surface area contributed by atoms with E-state index in [0.717, 1.165) is 32.0 Å². The lowest BCUT2D eigenvalue weighted by atomic mass is 10.1. The van der Waals surface area contributed by atoms with Gasteiger partial charge in [0.15, 0.2) is 5.82 Å². The fourth-order valence-electron chi connectivity index (χ4n) is 2.34. The normalized spacial score (nSPS) is 15.1. The quantitative estimate of drug-likeness (QED) is 0.482. The molecule has 114 valence electrons. The van der Waals surface area contributed by atoms with Gasteiger partial charge in [-0.2, -0.15) is 0 Å². The molecule has 2 rings (SSSR count). The lowest BCUT2D eigenvalue weighted by Gasteiger charge is -2.14. The lowest BCUT2D eigenvalue weighted by molar-refractivity contribution is -0.385. The van der Waals surface area contributed by atoms with E-state index in [-0.39, 0.29) is 11.3 Å². The van der Waals surface area contributed by atoms with Crippen LogP contribution in [0, 0.1) is 15.9 Å². The minimum Gasteiger partial charge on any atom is -0.396 e. The van der Waals surface area contributed by atoms with Gasteiger partial charge in [-0.25, -0.2) is 4.39 Å². The summed E-state index contributed by atoms with van der Waals surface area (Å²) < 4.78 is 13.3. The zero-order valence-corrected chi connectivity index (χ0v) is 11.5. The monoisotopic (exact) mass is 296 g/mol. The van der Waals surface area contributed by atoms with Crippen LogP contribution in [0.4, 0.5) is 15.8 Å². The van der Waals surface area contributed by atoms with Gasteiger partial charge in [0.25, 0.3) is 11.6 Å². The van der Waals surface area contributed by atoms with Gasteiger partial charge in [-0.3, -0.25) is 14.9 Å². The Balaban J connectivity index is 2.03. The molecule has 0 saturated carbocycles. The molecule has 1 aliphatic rings. The van der Waals surface area contributed by atoms with Gasteiger partial charge >= 0.3 is 0 Å². The Hall–Kier alpha value is -2.22. The van der Waals surface area contributed by atoms with E-state index in [4.69, 9.17) is 5.73 Å². The third-order valence-electron chi connectivity index (χ3n) is 3.47. The van der Waals surface area contributed by atoms with Crippen LogP contribution in [-0.4, -0.2) is 41.9 Å². The first-order valence-corrected chi connectivity index (χ1v) is 6.73. The maximum absolute atomic E-state index is 13.3. The topological polar surface area (TPSA) is 102 Å². The molecule has 0 atom stereocenters. The molecular formula is C13H17FN4O3. The Morgan fingerprint density at radius 3 is 2.71 bits per heavy atom. The first kappa shape index (κ1) is 15.2. The van der Waals surface area contributed by atoms with Gasteiger partial charge in [-0.05, 0) is 32.0 Å². The number of likely N-dealkylation sites (tertiary alicyclic amines) is 1. The Morgan fingerprint density at radius 2 is 2.10 bits per heavy atom. The number of nitro benzene ring substituents is 1. The summed E-state index contributed by atoms with van der Waals surface area (Å²) in [5, 5.41) is 13.5. The number of carbonyl (C=O) groups is 1. The highest BCUT2D eigenvalue weighted by Crippen LogP contribution is 2.24. The predicted molar refractivity (Wildman–Crippen MR) is 75.5 cm³/mol. The SMILES string of the molecule is Nc1cc(C(=O)NCCN2CCCC2)c([N+](=O)[O-])cc1F. The molecule has 0 spiro atoms. The molecule has 1 heterocycles. The minimum absolute atomic E-state index is 0.222. The van der Waals surface area contributed by atoms with E-state index in [9.17, 15) is 19.3 Å². The number of hydrogen-bond acceptors (Lipinski definition) is 5. The van der Waals surface area contributed by atoms with E-state index in [1.54, 1.807) is 0 Å². The van der Waals surface area contributed by atoms with Crippen molar-refractivity contribution in [1.82, 2.24) is 10.2 Å². The van der Waals surface area contributed by atoms with Crippen molar-refractivity contribution in [2.75, 3.05) is 31.9 Å². The third-order valence-corrected chi connectivity index (χ3v) is 3.47. The highest BCUT2D eigenvalue weighted by molar-refractivity contribution is 5.99. The molecule has 0 unspecified atom stereocenters. The molecule has 1 aromatic carbocycles. The summed E-state index contributed by atoms with van der Waals surface area (Å²) in [4.78, 5) is 24.3. The number of nitrogens with two attached hydrogens (primary N) is 1. The van der Waals surface area contributed by atoms with Gasteiger partial charge < -0.3 is 16.0 Å². The van der Waals surface area contributed by atoms with Gasteiger partial charge in [0.2, 0.25) is 0 Å². The number of benzene rings is 1. The van der Waals surface area contributed by atoms with Crippen molar-refractivity contribution in [2.45, 2.75) is 12.8 Å². The Bertz CT molecular complexity index is 559. The van der Waals surface area contributed by atoms with E-state index in [2.05, 4.69) is 10.2 Å². The predicted octanol–water partition coefficient (Wildman–Crippen LogP) is 1.14. The smallest absolute Gasteiger partial charge is 0.285 e. The second kappa shape index (κ2) is 6.49. The number of amides is 1. The summed E-state index contributed by atoms with van der Waals surface area (Å²) in [5.74, 6) is -1.53. The number of anilines is 1. The number of nitrogens with one attached hydrogen (secondary N) is 1. The molecule has 0 aliphatic carbocycles. The molecule has 1 aliphatic heterocycles. The van der Waals surface area contributed by atoms with Crippen LogP contribution in [0.2, 0.25) is 0 Å². The van der Waals surface area contributed by atoms with Crippen molar-refractivity contribution in [2.24, 2.45) is 0 Å². The fourth-order valence-corrected chi connectivity index (χ4v) is 2.34. The van der Waals surface area contributed by atoms with Crippen LogP contribution in [0.1, 0.15) is 23.2 Å². The molecule has 1 saturated heterocycles. The second-order valence-corrected chi connectivity index (χ2v) is 4.95. The average Bonchev–Trinajstić information content (AvgIpc) is 2.94. The van der Waals surface area contributed by atoms with Crippen molar-refractivity contribution in [3.8, 4) is 0 Å². The number of halogens is 1. The molecular weight excluding hydrogens is 279 g/mol. The number of rotatable bonds is 5. The van der Waals surface area contributed by atoms with Crippen molar-refractivity contribution in [3.63, 3.8) is 0 Å². The fraction of sp³-hybridized carbons (Fsp3) is 0.462. The first-order valence-electron chi connectivity index (χ1n) is 6.73. The van der Waals surface area contributed by atoms with Crippen LogP contribution in [0.3, 0.4) is 0 Å². The van der Waals surface area contributed by atoms with E-state index in [0.29, 0.717) is 19.2 Å². The summed E-state index contributed by atoms with van der Waals surface area (Å²) in [6, 6.07) is 1.67. The Morgan fingerprint density at radius 1 is 1.43 bits per heavy atom. The van der Waals surface area contributed by atoms with Crippen molar-refractivity contribution >= 4 is 17.3 Å². The minimum atomic E-state index is -0.907. The molecule has 8 heteroatoms. The second-order valence-electron chi connectivity index (χ2n) is 4.95. The van der Waals surface area contributed by atoms with Crippen LogP contribution in [0.5, 0.6) is 0 Å². The van der Waals surface area contributed by atoms with Crippen molar-refractivity contribution in [1.29, 1.82) is 0 Å². The average molecular weight is 296 g/mol. The summed E-state index contributed by atoms with van der Waals surface area (Å²) in [6.45, 7) is 3.07. The van der Waals surface area contributed by atoms with Crippen LogP contribution >= 0.6 is 0 Å². The zero-order chi connectivity index (χ0) is 15.4. The molecule has 0 aromatic heterocycles. The molecule has 21 heavy (non-hydrogen) atoms. The van der Waals surface area contributed by atoms with Gasteiger partial charge in [0, 0.05) is 13.1 Å². The molecule has 3 N–H and O–H groups in total. The number of nitrogen functional groups attached to an aromatic ring is 1. The molecule has 0 bridgehead atoms. The van der Waals surface area contributed by atoms with Gasteiger partial charge in [0.1, 0.15) is 5.56 Å². The number of hydrogen-bond donors (Lipinski definition) is 2. The first-order chi connectivity index (χ1) is 9.99. The van der Waals surface area contributed by atoms with Crippen LogP contribution in [0.15, 0.2) is 12.1 Å². The molecule has 1 amide bonds. The van der Waals surface area contributed by atoms with Gasteiger partial charge in [0.05, 0.1) is 16.7 Å². The summed E-state index contributed by atoms with van der Waals surface area (Å²) in [6.07, 6.45) is 2.29. The zero-order valence-electron chi connectivity index (χ0n) is 11.5. The van der Waals surface area contributed by atoms with E-state index < -0.39 is 22.3 Å². The molecule has 1 aromatic rings. The van der Waals surface area contributed by atoms with Crippen molar-refractivity contribution in [3.05, 3.63) is 33.6 Å². The largest absolute Gasteiger partial charge is 0.396 e. The lowest BCUT2D eigenvalue weighted by Crippen LogP contribution is -2.33. The van der Waals surface area contributed by atoms with E-state index in [1.165, 1.54) is 0 Å². The summed E-state index contributed by atoms with van der Waals surface area (Å²) in [5.41, 5.74) is 4.28. The molecule has 7 nitrogen and oxygen atoms in total. The standard InChI is InChI=1S/C13H17FN4O3/c14-10-8-12(18(20)21)9(7-11(10)15)13(19)16-3-6-17-4-1-2-5-17/h7-8H,1-6,15H2,(H,16,19). The maximum atomic E-state index is 13.3. The Labute approximate surface area is 121 Å². The van der Waals surface area contributed by atoms with E-state index in [1.807, 2.05) is 0 Å². The van der Waals surface area contributed by atoms with Crippen LogP contribution < -0.4 is 11.1 Å². The van der Waals surface area contributed by atoms with Crippen LogP contribution in [-0.2, 0) is 0 Å². The maximum Gasteiger partial charge on any atom is 0.285 e. The third kappa shape index (κ3) is 3.66. The number of carbonyl (C=O) groups excluding carboxylic acids is 1.